The topological polar surface area (TPSA) is 75.7 Å². The number of ether oxygens (including phenoxy) is 1. The SMILES string of the molecule is CC1CCCCC1NC(=O)COC(=O)C1CCCN(C(=O)c2cccs2)C1. The largest absolute Gasteiger partial charge is 0.455 e. The first-order chi connectivity index (χ1) is 13.0. The molecule has 0 spiro atoms. The molecular formula is C20H28N2O4S. The fourth-order valence-corrected chi connectivity index (χ4v) is 4.63. The third kappa shape index (κ3) is 5.31. The van der Waals surface area contributed by atoms with Crippen LogP contribution in [0.2, 0.25) is 0 Å². The number of hydrogen-bond donors (Lipinski definition) is 1. The summed E-state index contributed by atoms with van der Waals surface area (Å²) < 4.78 is 5.25. The molecule has 3 unspecified atom stereocenters. The minimum absolute atomic E-state index is 0.0356. The summed E-state index contributed by atoms with van der Waals surface area (Å²) in [5, 5.41) is 4.86. The molecule has 2 fully saturated rings. The molecule has 3 rings (SSSR count). The van der Waals surface area contributed by atoms with E-state index in [4.69, 9.17) is 4.74 Å². The number of thiophene rings is 1. The fraction of sp³-hybridized carbons (Fsp3) is 0.650. The van der Waals surface area contributed by atoms with Gasteiger partial charge in [-0.25, -0.2) is 0 Å². The number of nitrogens with one attached hydrogen (secondary N) is 1. The van der Waals surface area contributed by atoms with Crippen LogP contribution in [0, 0.1) is 11.8 Å². The summed E-state index contributed by atoms with van der Waals surface area (Å²) in [6.07, 6.45) is 5.91. The Hall–Kier alpha value is -1.89. The van der Waals surface area contributed by atoms with Gasteiger partial charge in [0, 0.05) is 19.1 Å². The molecule has 6 nitrogen and oxygen atoms in total. The molecule has 1 saturated heterocycles. The van der Waals surface area contributed by atoms with Gasteiger partial charge in [-0.2, -0.15) is 0 Å². The Kier molecular flexibility index (Phi) is 6.88. The number of rotatable bonds is 5. The highest BCUT2D eigenvalue weighted by atomic mass is 32.1. The molecule has 0 radical (unpaired) electrons. The quantitative estimate of drug-likeness (QED) is 0.782. The van der Waals surface area contributed by atoms with Gasteiger partial charge in [0.1, 0.15) is 0 Å². The minimum atomic E-state index is -0.384. The predicted octanol–water partition coefficient (Wildman–Crippen LogP) is 2.84. The minimum Gasteiger partial charge on any atom is -0.455 e. The van der Waals surface area contributed by atoms with Gasteiger partial charge in [0.05, 0.1) is 10.8 Å². The van der Waals surface area contributed by atoms with Crippen LogP contribution in [0.25, 0.3) is 0 Å². The summed E-state index contributed by atoms with van der Waals surface area (Å²) in [5.74, 6) is -0.542. The number of nitrogens with zero attached hydrogens (tertiary/aromatic N) is 1. The van der Waals surface area contributed by atoms with E-state index in [0.717, 1.165) is 25.7 Å². The monoisotopic (exact) mass is 392 g/mol. The van der Waals surface area contributed by atoms with Crippen LogP contribution in [0.4, 0.5) is 0 Å². The van der Waals surface area contributed by atoms with Crippen LogP contribution in [0.15, 0.2) is 17.5 Å². The highest BCUT2D eigenvalue weighted by molar-refractivity contribution is 7.12. The van der Waals surface area contributed by atoms with Crippen LogP contribution >= 0.6 is 11.3 Å². The Bertz CT molecular complexity index is 661. The Labute approximate surface area is 164 Å². The standard InChI is InChI=1S/C20H28N2O4S/c1-14-6-2-3-8-16(14)21-18(23)13-26-20(25)15-7-4-10-22(12-15)19(24)17-9-5-11-27-17/h5,9,11,14-16H,2-4,6-8,10,12-13H2,1H3,(H,21,23). The zero-order valence-corrected chi connectivity index (χ0v) is 16.6. The molecule has 2 aliphatic rings. The lowest BCUT2D eigenvalue weighted by Crippen LogP contribution is -2.45. The van der Waals surface area contributed by atoms with Gasteiger partial charge in [0.15, 0.2) is 6.61 Å². The predicted molar refractivity (Wildman–Crippen MR) is 103 cm³/mol. The Morgan fingerprint density at radius 2 is 2.04 bits per heavy atom. The molecule has 2 amide bonds. The molecule has 0 bridgehead atoms. The first-order valence-electron chi connectivity index (χ1n) is 9.83. The van der Waals surface area contributed by atoms with Gasteiger partial charge in [0.25, 0.3) is 11.8 Å². The lowest BCUT2D eigenvalue weighted by molar-refractivity contribution is -0.154. The van der Waals surface area contributed by atoms with Crippen LogP contribution in [-0.4, -0.2) is 48.4 Å². The molecule has 1 aliphatic heterocycles. The molecule has 7 heteroatoms. The molecular weight excluding hydrogens is 364 g/mol. The molecule has 1 aromatic rings. The van der Waals surface area contributed by atoms with Crippen molar-refractivity contribution < 1.29 is 19.1 Å². The van der Waals surface area contributed by atoms with E-state index in [1.165, 1.54) is 17.8 Å². The molecule has 3 atom stereocenters. The lowest BCUT2D eigenvalue weighted by Gasteiger charge is -2.31. The van der Waals surface area contributed by atoms with Crippen molar-refractivity contribution in [3.63, 3.8) is 0 Å². The van der Waals surface area contributed by atoms with Crippen LogP contribution in [0.1, 0.15) is 55.1 Å². The number of piperidine rings is 1. The average Bonchev–Trinajstić information content (AvgIpc) is 3.22. The van der Waals surface area contributed by atoms with Crippen LogP contribution in [-0.2, 0) is 14.3 Å². The van der Waals surface area contributed by atoms with Crippen molar-refractivity contribution in [2.75, 3.05) is 19.7 Å². The highest BCUT2D eigenvalue weighted by Gasteiger charge is 2.31. The summed E-state index contributed by atoms with van der Waals surface area (Å²) in [7, 11) is 0. The Morgan fingerprint density at radius 1 is 1.22 bits per heavy atom. The van der Waals surface area contributed by atoms with Crippen molar-refractivity contribution in [3.8, 4) is 0 Å². The number of esters is 1. The highest BCUT2D eigenvalue weighted by Crippen LogP contribution is 2.24. The normalized spacial score (nSPS) is 25.7. The van der Waals surface area contributed by atoms with Gasteiger partial charge in [-0.1, -0.05) is 25.8 Å². The second-order valence-corrected chi connectivity index (χ2v) is 8.56. The first-order valence-corrected chi connectivity index (χ1v) is 10.7. The molecule has 1 aromatic heterocycles. The second kappa shape index (κ2) is 9.35. The van der Waals surface area contributed by atoms with Crippen LogP contribution in [0.5, 0.6) is 0 Å². The zero-order valence-electron chi connectivity index (χ0n) is 15.8. The van der Waals surface area contributed by atoms with E-state index < -0.39 is 0 Å². The Balaban J connectivity index is 1.44. The van der Waals surface area contributed by atoms with Crippen molar-refractivity contribution in [1.29, 1.82) is 0 Å². The summed E-state index contributed by atoms with van der Waals surface area (Å²) in [4.78, 5) is 39.4. The smallest absolute Gasteiger partial charge is 0.311 e. The van der Waals surface area contributed by atoms with E-state index in [2.05, 4.69) is 12.2 Å². The summed E-state index contributed by atoms with van der Waals surface area (Å²) in [5.41, 5.74) is 0. The van der Waals surface area contributed by atoms with E-state index in [9.17, 15) is 14.4 Å². The maximum Gasteiger partial charge on any atom is 0.311 e. The number of hydrogen-bond acceptors (Lipinski definition) is 5. The number of likely N-dealkylation sites (tertiary alicyclic amines) is 1. The summed E-state index contributed by atoms with van der Waals surface area (Å²) in [6, 6.07) is 3.82. The molecule has 1 saturated carbocycles. The van der Waals surface area contributed by atoms with E-state index >= 15 is 0 Å². The number of carbonyl (C=O) groups is 3. The third-order valence-electron chi connectivity index (χ3n) is 5.58. The molecule has 1 N–H and O–H groups in total. The van der Waals surface area contributed by atoms with E-state index in [-0.39, 0.29) is 36.4 Å². The van der Waals surface area contributed by atoms with Crippen LogP contribution in [0.3, 0.4) is 0 Å². The third-order valence-corrected chi connectivity index (χ3v) is 6.44. The molecule has 27 heavy (non-hydrogen) atoms. The van der Waals surface area contributed by atoms with Gasteiger partial charge >= 0.3 is 5.97 Å². The molecule has 1 aliphatic carbocycles. The fourth-order valence-electron chi connectivity index (χ4n) is 3.94. The first kappa shape index (κ1) is 19.9. The maximum absolute atomic E-state index is 12.5. The van der Waals surface area contributed by atoms with Gasteiger partial charge < -0.3 is 15.0 Å². The lowest BCUT2D eigenvalue weighted by atomic mass is 9.86. The maximum atomic E-state index is 12.5. The Morgan fingerprint density at radius 3 is 2.78 bits per heavy atom. The summed E-state index contributed by atoms with van der Waals surface area (Å²) in [6.45, 7) is 2.92. The van der Waals surface area contributed by atoms with Crippen LogP contribution < -0.4 is 5.32 Å². The van der Waals surface area contributed by atoms with Crippen molar-refractivity contribution in [2.24, 2.45) is 11.8 Å². The molecule has 2 heterocycles. The van der Waals surface area contributed by atoms with Gasteiger partial charge in [-0.15, -0.1) is 11.3 Å². The van der Waals surface area contributed by atoms with Crippen molar-refractivity contribution in [3.05, 3.63) is 22.4 Å². The van der Waals surface area contributed by atoms with Gasteiger partial charge in [-0.3, -0.25) is 14.4 Å². The van der Waals surface area contributed by atoms with Crippen molar-refractivity contribution in [2.45, 2.75) is 51.5 Å². The van der Waals surface area contributed by atoms with Crippen molar-refractivity contribution >= 4 is 29.1 Å². The van der Waals surface area contributed by atoms with E-state index in [1.807, 2.05) is 11.4 Å². The van der Waals surface area contributed by atoms with E-state index in [1.54, 1.807) is 11.0 Å². The van der Waals surface area contributed by atoms with Gasteiger partial charge in [-0.05, 0) is 43.0 Å². The number of carbonyl (C=O) groups excluding carboxylic acids is 3. The van der Waals surface area contributed by atoms with Crippen molar-refractivity contribution in [1.82, 2.24) is 10.2 Å². The van der Waals surface area contributed by atoms with E-state index in [0.29, 0.717) is 30.3 Å². The second-order valence-electron chi connectivity index (χ2n) is 7.61. The molecule has 0 aromatic carbocycles. The summed E-state index contributed by atoms with van der Waals surface area (Å²) >= 11 is 1.40. The average molecular weight is 393 g/mol. The number of amides is 2. The molecule has 148 valence electrons. The zero-order chi connectivity index (χ0) is 19.2. The van der Waals surface area contributed by atoms with Gasteiger partial charge in [0.2, 0.25) is 0 Å².